The molecular formula is C22H18ClFO4S. The minimum Gasteiger partial charge on any atom is -0.484 e. The van der Waals surface area contributed by atoms with E-state index in [2.05, 4.69) is 0 Å². The van der Waals surface area contributed by atoms with Gasteiger partial charge in [0, 0.05) is 22.6 Å². The highest BCUT2D eigenvalue weighted by Gasteiger charge is 2.33. The summed E-state index contributed by atoms with van der Waals surface area (Å²) in [6.45, 7) is 1.86. The number of aryl methyl sites for hydroxylation is 1. The van der Waals surface area contributed by atoms with Crippen LogP contribution in [0.2, 0.25) is 5.02 Å². The summed E-state index contributed by atoms with van der Waals surface area (Å²) in [6, 6.07) is 15.0. The number of halogens is 2. The first-order chi connectivity index (χ1) is 13.8. The molecule has 0 saturated heterocycles. The summed E-state index contributed by atoms with van der Waals surface area (Å²) in [6.07, 6.45) is -0.184. The number of ether oxygens (including phenoxy) is 1. The Morgan fingerprint density at radius 3 is 2.62 bits per heavy atom. The van der Waals surface area contributed by atoms with Gasteiger partial charge in [-0.3, -0.25) is 4.18 Å². The predicted molar refractivity (Wildman–Crippen MR) is 109 cm³/mol. The number of hydrogen-bond donors (Lipinski definition) is 0. The maximum absolute atomic E-state index is 14.8. The molecule has 1 aliphatic rings. The second-order valence-electron chi connectivity index (χ2n) is 6.86. The van der Waals surface area contributed by atoms with Gasteiger partial charge in [0.15, 0.2) is 0 Å². The number of benzene rings is 3. The Bertz CT molecular complexity index is 1210. The lowest BCUT2D eigenvalue weighted by Gasteiger charge is -2.17. The van der Waals surface area contributed by atoms with Gasteiger partial charge in [0.05, 0.1) is 12.7 Å². The lowest BCUT2D eigenvalue weighted by molar-refractivity contribution is 0.234. The molecule has 7 heteroatoms. The van der Waals surface area contributed by atoms with Crippen LogP contribution in [0, 0.1) is 12.7 Å². The van der Waals surface area contributed by atoms with Crippen molar-refractivity contribution in [3.05, 3.63) is 82.1 Å². The van der Waals surface area contributed by atoms with Gasteiger partial charge in [-0.05, 0) is 30.7 Å². The minimum absolute atomic E-state index is 0.0446. The lowest BCUT2D eigenvalue weighted by atomic mass is 9.98. The molecule has 0 saturated carbocycles. The third-order valence-electron chi connectivity index (χ3n) is 5.00. The molecule has 1 atom stereocenters. The zero-order valence-electron chi connectivity index (χ0n) is 15.8. The monoisotopic (exact) mass is 432 g/mol. The molecule has 0 radical (unpaired) electrons. The van der Waals surface area contributed by atoms with Crippen molar-refractivity contribution in [1.29, 1.82) is 0 Å². The van der Waals surface area contributed by atoms with Gasteiger partial charge < -0.3 is 4.74 Å². The fourth-order valence-electron chi connectivity index (χ4n) is 3.61. The van der Waals surface area contributed by atoms with Crippen molar-refractivity contribution < 1.29 is 21.7 Å². The third kappa shape index (κ3) is 3.52. The second kappa shape index (κ2) is 7.44. The molecule has 4 rings (SSSR count). The average Bonchev–Trinajstić information content (AvgIpc) is 3.13. The zero-order chi connectivity index (χ0) is 20.8. The van der Waals surface area contributed by atoms with Crippen molar-refractivity contribution in [3.63, 3.8) is 0 Å². The van der Waals surface area contributed by atoms with Gasteiger partial charge in [-0.15, -0.1) is 0 Å². The molecule has 0 N–H and O–H groups in total. The molecule has 0 aliphatic carbocycles. The molecule has 0 aromatic heterocycles. The van der Waals surface area contributed by atoms with E-state index in [4.69, 9.17) is 20.5 Å². The van der Waals surface area contributed by atoms with Gasteiger partial charge >= 0.3 is 0 Å². The van der Waals surface area contributed by atoms with E-state index in [1.165, 1.54) is 12.1 Å². The van der Waals surface area contributed by atoms with E-state index in [9.17, 15) is 12.8 Å². The summed E-state index contributed by atoms with van der Waals surface area (Å²) in [5, 5.41) is 0.407. The van der Waals surface area contributed by atoms with Crippen LogP contribution in [0.4, 0.5) is 4.39 Å². The van der Waals surface area contributed by atoms with Crippen LogP contribution in [0.5, 0.6) is 5.75 Å². The molecule has 0 spiro atoms. The Labute approximate surface area is 174 Å². The van der Waals surface area contributed by atoms with Crippen molar-refractivity contribution in [2.24, 2.45) is 0 Å². The van der Waals surface area contributed by atoms with Crippen molar-refractivity contribution in [2.45, 2.75) is 24.3 Å². The van der Waals surface area contributed by atoms with Crippen LogP contribution in [0.3, 0.4) is 0 Å². The Hall–Kier alpha value is -2.41. The van der Waals surface area contributed by atoms with Crippen LogP contribution < -0.4 is 4.74 Å². The SMILES string of the molecule is COS(=O)(=O)c1ccc(C)cc1C1Cc2ccc(F)c(-c3ccccc3Cl)c2O1. The maximum Gasteiger partial charge on any atom is 0.297 e. The number of rotatable bonds is 4. The molecule has 0 bridgehead atoms. The molecule has 3 aromatic rings. The van der Waals surface area contributed by atoms with Gasteiger partial charge in [-0.2, -0.15) is 8.42 Å². The van der Waals surface area contributed by atoms with Gasteiger partial charge in [-0.1, -0.05) is 53.6 Å². The summed E-state index contributed by atoms with van der Waals surface area (Å²) in [7, 11) is -2.80. The van der Waals surface area contributed by atoms with Crippen molar-refractivity contribution in [3.8, 4) is 16.9 Å². The Balaban J connectivity index is 1.84. The Morgan fingerprint density at radius 1 is 1.14 bits per heavy atom. The van der Waals surface area contributed by atoms with E-state index in [-0.39, 0.29) is 10.5 Å². The topological polar surface area (TPSA) is 52.6 Å². The lowest BCUT2D eigenvalue weighted by Crippen LogP contribution is -2.12. The normalized spacial score (nSPS) is 15.8. The highest BCUT2D eigenvalue weighted by atomic mass is 35.5. The van der Waals surface area contributed by atoms with E-state index in [0.717, 1.165) is 18.2 Å². The highest BCUT2D eigenvalue weighted by Crippen LogP contribution is 2.47. The highest BCUT2D eigenvalue weighted by molar-refractivity contribution is 7.86. The zero-order valence-corrected chi connectivity index (χ0v) is 17.4. The van der Waals surface area contributed by atoms with Crippen LogP contribution in [-0.4, -0.2) is 15.5 Å². The molecule has 1 aliphatic heterocycles. The van der Waals surface area contributed by atoms with Crippen LogP contribution in [0.1, 0.15) is 22.8 Å². The predicted octanol–water partition coefficient (Wildman–Crippen LogP) is 5.47. The van der Waals surface area contributed by atoms with Gasteiger partial charge in [0.2, 0.25) is 0 Å². The quantitative estimate of drug-likeness (QED) is 0.513. The molecule has 150 valence electrons. The average molecular weight is 433 g/mol. The molecule has 29 heavy (non-hydrogen) atoms. The standard InChI is InChI=1S/C22H18ClFO4S/c1-13-7-10-20(29(25,26)27-2)16(11-13)19-12-14-8-9-18(24)21(22(14)28-19)15-5-3-4-6-17(15)23/h3-11,19H,12H2,1-2H3. The van der Waals surface area contributed by atoms with Crippen LogP contribution in [0.25, 0.3) is 11.1 Å². The van der Waals surface area contributed by atoms with Gasteiger partial charge in [-0.25, -0.2) is 4.39 Å². The largest absolute Gasteiger partial charge is 0.484 e. The number of hydrogen-bond acceptors (Lipinski definition) is 4. The summed E-state index contributed by atoms with van der Waals surface area (Å²) >= 11 is 6.29. The van der Waals surface area contributed by atoms with Crippen molar-refractivity contribution in [1.82, 2.24) is 0 Å². The van der Waals surface area contributed by atoms with E-state index in [1.54, 1.807) is 42.5 Å². The summed E-state index contributed by atoms with van der Waals surface area (Å²) in [5.41, 5.74) is 2.95. The van der Waals surface area contributed by atoms with E-state index < -0.39 is 22.0 Å². The van der Waals surface area contributed by atoms with Crippen molar-refractivity contribution in [2.75, 3.05) is 7.11 Å². The summed E-state index contributed by atoms with van der Waals surface area (Å²) in [5.74, 6) is -0.0724. The molecule has 1 unspecified atom stereocenters. The van der Waals surface area contributed by atoms with E-state index in [0.29, 0.717) is 28.3 Å². The van der Waals surface area contributed by atoms with E-state index in [1.807, 2.05) is 6.92 Å². The first-order valence-corrected chi connectivity index (χ1v) is 10.7. The first kappa shape index (κ1) is 19.9. The fraction of sp³-hybridized carbons (Fsp3) is 0.182. The van der Waals surface area contributed by atoms with Crippen LogP contribution in [0.15, 0.2) is 59.5 Å². The Kier molecular flexibility index (Phi) is 5.11. The molecule has 0 fully saturated rings. The number of fused-ring (bicyclic) bond motifs is 1. The minimum atomic E-state index is -3.92. The fourth-order valence-corrected chi connectivity index (χ4v) is 4.73. The smallest absolute Gasteiger partial charge is 0.297 e. The third-order valence-corrected chi connectivity index (χ3v) is 6.68. The molecule has 1 heterocycles. The molecule has 3 aromatic carbocycles. The molecular weight excluding hydrogens is 415 g/mol. The summed E-state index contributed by atoms with van der Waals surface area (Å²) < 4.78 is 50.4. The van der Waals surface area contributed by atoms with Crippen molar-refractivity contribution >= 4 is 21.7 Å². The molecule has 0 amide bonds. The van der Waals surface area contributed by atoms with Crippen LogP contribution >= 0.6 is 11.6 Å². The van der Waals surface area contributed by atoms with E-state index >= 15 is 0 Å². The first-order valence-electron chi connectivity index (χ1n) is 8.96. The summed E-state index contributed by atoms with van der Waals surface area (Å²) in [4.78, 5) is 0.0446. The Morgan fingerprint density at radius 2 is 1.90 bits per heavy atom. The molecule has 4 nitrogen and oxygen atoms in total. The van der Waals surface area contributed by atoms with Gasteiger partial charge in [0.1, 0.15) is 22.6 Å². The van der Waals surface area contributed by atoms with Crippen LogP contribution in [-0.2, 0) is 20.7 Å². The van der Waals surface area contributed by atoms with Gasteiger partial charge in [0.25, 0.3) is 10.1 Å². The maximum atomic E-state index is 14.8. The second-order valence-corrected chi connectivity index (χ2v) is 8.95.